The SMILES string of the molecule is C=C/C=C(\C=C)C1(NC(C)=O)CC1. The molecule has 0 aliphatic heterocycles. The summed E-state index contributed by atoms with van der Waals surface area (Å²) in [6.07, 6.45) is 7.40. The van der Waals surface area contributed by atoms with Crippen molar-refractivity contribution in [2.24, 2.45) is 0 Å². The number of hydrogen-bond donors (Lipinski definition) is 1. The maximum Gasteiger partial charge on any atom is 0.217 e. The van der Waals surface area contributed by atoms with Crippen LogP contribution in [0.5, 0.6) is 0 Å². The van der Waals surface area contributed by atoms with Gasteiger partial charge >= 0.3 is 0 Å². The van der Waals surface area contributed by atoms with E-state index >= 15 is 0 Å². The standard InChI is InChI=1S/C11H15NO/c1-4-6-10(5-2)11(7-8-11)12-9(3)13/h4-6H,1-2,7-8H2,3H3,(H,12,13)/b10-6+. The Morgan fingerprint density at radius 1 is 1.46 bits per heavy atom. The lowest BCUT2D eigenvalue weighted by Gasteiger charge is -2.17. The molecule has 0 atom stereocenters. The molecule has 0 radical (unpaired) electrons. The molecule has 0 aromatic rings. The van der Waals surface area contributed by atoms with Crippen molar-refractivity contribution in [3.63, 3.8) is 0 Å². The maximum atomic E-state index is 10.9. The molecule has 0 aromatic heterocycles. The predicted octanol–water partition coefficient (Wildman–Crippen LogP) is 1.95. The summed E-state index contributed by atoms with van der Waals surface area (Å²) < 4.78 is 0. The number of rotatable bonds is 4. The minimum Gasteiger partial charge on any atom is -0.347 e. The zero-order valence-corrected chi connectivity index (χ0v) is 7.97. The quantitative estimate of drug-likeness (QED) is 0.653. The highest BCUT2D eigenvalue weighted by molar-refractivity contribution is 5.75. The van der Waals surface area contributed by atoms with E-state index in [4.69, 9.17) is 0 Å². The van der Waals surface area contributed by atoms with E-state index in [2.05, 4.69) is 18.5 Å². The molecule has 1 aliphatic carbocycles. The van der Waals surface area contributed by atoms with Crippen LogP contribution in [0.15, 0.2) is 37.0 Å². The van der Waals surface area contributed by atoms with Crippen LogP contribution in [-0.2, 0) is 4.79 Å². The average Bonchev–Trinajstić information content (AvgIpc) is 2.80. The smallest absolute Gasteiger partial charge is 0.217 e. The van der Waals surface area contributed by atoms with Crippen LogP contribution in [0, 0.1) is 0 Å². The van der Waals surface area contributed by atoms with Crippen molar-refractivity contribution in [3.8, 4) is 0 Å². The molecule has 1 aliphatic rings. The summed E-state index contributed by atoms with van der Waals surface area (Å²) in [5.41, 5.74) is 0.916. The molecule has 1 rings (SSSR count). The normalized spacial score (nSPS) is 19.0. The fraction of sp³-hybridized carbons (Fsp3) is 0.364. The first kappa shape index (κ1) is 9.78. The van der Waals surface area contributed by atoms with Crippen LogP contribution in [-0.4, -0.2) is 11.4 Å². The fourth-order valence-electron chi connectivity index (χ4n) is 1.50. The van der Waals surface area contributed by atoms with Crippen LogP contribution in [0.2, 0.25) is 0 Å². The van der Waals surface area contributed by atoms with Gasteiger partial charge in [-0.1, -0.05) is 31.4 Å². The van der Waals surface area contributed by atoms with Crippen molar-refractivity contribution >= 4 is 5.91 Å². The first-order chi connectivity index (χ1) is 6.14. The summed E-state index contributed by atoms with van der Waals surface area (Å²) >= 11 is 0. The lowest BCUT2D eigenvalue weighted by atomic mass is 10.0. The van der Waals surface area contributed by atoms with Gasteiger partial charge in [0.15, 0.2) is 0 Å². The van der Waals surface area contributed by atoms with Crippen LogP contribution >= 0.6 is 0 Å². The third-order valence-electron chi connectivity index (χ3n) is 2.24. The van der Waals surface area contributed by atoms with Crippen molar-refractivity contribution in [2.45, 2.75) is 25.3 Å². The fourth-order valence-corrected chi connectivity index (χ4v) is 1.50. The highest BCUT2D eigenvalue weighted by Crippen LogP contribution is 2.42. The Morgan fingerprint density at radius 3 is 2.38 bits per heavy atom. The zero-order valence-electron chi connectivity index (χ0n) is 7.97. The minimum atomic E-state index is -0.137. The Morgan fingerprint density at radius 2 is 2.08 bits per heavy atom. The molecule has 2 nitrogen and oxygen atoms in total. The molecule has 1 amide bonds. The minimum absolute atomic E-state index is 0.00862. The van der Waals surface area contributed by atoms with Crippen molar-refractivity contribution in [2.75, 3.05) is 0 Å². The molecular weight excluding hydrogens is 162 g/mol. The molecule has 0 spiro atoms. The molecule has 1 fully saturated rings. The summed E-state index contributed by atoms with van der Waals surface area (Å²) in [4.78, 5) is 10.9. The first-order valence-electron chi connectivity index (χ1n) is 4.39. The van der Waals surface area contributed by atoms with E-state index in [1.807, 2.05) is 6.08 Å². The molecule has 13 heavy (non-hydrogen) atoms. The van der Waals surface area contributed by atoms with Gasteiger partial charge in [-0.05, 0) is 18.4 Å². The Hall–Kier alpha value is -1.31. The number of allylic oxidation sites excluding steroid dienone is 2. The van der Waals surface area contributed by atoms with E-state index in [1.165, 1.54) is 6.92 Å². The Labute approximate surface area is 79.0 Å². The second-order valence-corrected chi connectivity index (χ2v) is 3.33. The van der Waals surface area contributed by atoms with Gasteiger partial charge in [-0.3, -0.25) is 4.79 Å². The summed E-state index contributed by atoms with van der Waals surface area (Å²) in [7, 11) is 0. The molecule has 2 heteroatoms. The van der Waals surface area contributed by atoms with Crippen molar-refractivity contribution in [3.05, 3.63) is 37.0 Å². The van der Waals surface area contributed by atoms with Crippen molar-refractivity contribution in [1.82, 2.24) is 5.32 Å². The summed E-state index contributed by atoms with van der Waals surface area (Å²) in [5, 5.41) is 2.94. The Kier molecular flexibility index (Phi) is 2.71. The number of carbonyl (C=O) groups is 1. The third-order valence-corrected chi connectivity index (χ3v) is 2.24. The molecule has 0 saturated heterocycles. The van der Waals surface area contributed by atoms with Gasteiger partial charge in [0.2, 0.25) is 5.91 Å². The number of hydrogen-bond acceptors (Lipinski definition) is 1. The molecule has 0 bridgehead atoms. The van der Waals surface area contributed by atoms with Gasteiger partial charge in [0, 0.05) is 6.92 Å². The monoisotopic (exact) mass is 177 g/mol. The van der Waals surface area contributed by atoms with Crippen LogP contribution in [0.3, 0.4) is 0 Å². The number of carbonyl (C=O) groups excluding carboxylic acids is 1. The second kappa shape index (κ2) is 3.60. The molecule has 0 aromatic carbocycles. The summed E-state index contributed by atoms with van der Waals surface area (Å²) in [6, 6.07) is 0. The van der Waals surface area contributed by atoms with Gasteiger partial charge in [0.25, 0.3) is 0 Å². The van der Waals surface area contributed by atoms with Crippen LogP contribution < -0.4 is 5.32 Å². The first-order valence-corrected chi connectivity index (χ1v) is 4.39. The Bertz CT molecular complexity index is 272. The van der Waals surface area contributed by atoms with Crippen LogP contribution in [0.4, 0.5) is 0 Å². The van der Waals surface area contributed by atoms with Gasteiger partial charge in [-0.25, -0.2) is 0 Å². The Balaban J connectivity index is 2.78. The maximum absolute atomic E-state index is 10.9. The van der Waals surface area contributed by atoms with Crippen molar-refractivity contribution < 1.29 is 4.79 Å². The predicted molar refractivity (Wildman–Crippen MR) is 54.3 cm³/mol. The number of amides is 1. The summed E-state index contributed by atoms with van der Waals surface area (Å²) in [5.74, 6) is 0.00862. The van der Waals surface area contributed by atoms with E-state index < -0.39 is 0 Å². The van der Waals surface area contributed by atoms with Crippen molar-refractivity contribution in [1.29, 1.82) is 0 Å². The molecule has 1 saturated carbocycles. The molecule has 70 valence electrons. The molecular formula is C11H15NO. The highest BCUT2D eigenvalue weighted by atomic mass is 16.1. The van der Waals surface area contributed by atoms with Gasteiger partial charge in [-0.15, -0.1) is 0 Å². The van der Waals surface area contributed by atoms with E-state index in [1.54, 1.807) is 12.2 Å². The van der Waals surface area contributed by atoms with E-state index in [9.17, 15) is 4.79 Å². The third kappa shape index (κ3) is 2.08. The van der Waals surface area contributed by atoms with Gasteiger partial charge in [-0.2, -0.15) is 0 Å². The molecule has 0 unspecified atom stereocenters. The largest absolute Gasteiger partial charge is 0.347 e. The van der Waals surface area contributed by atoms with Crippen LogP contribution in [0.25, 0.3) is 0 Å². The van der Waals surface area contributed by atoms with Gasteiger partial charge in [0.1, 0.15) is 0 Å². The van der Waals surface area contributed by atoms with E-state index in [0.717, 1.165) is 18.4 Å². The zero-order chi connectivity index (χ0) is 9.90. The van der Waals surface area contributed by atoms with Crippen LogP contribution in [0.1, 0.15) is 19.8 Å². The van der Waals surface area contributed by atoms with Gasteiger partial charge in [0.05, 0.1) is 5.54 Å². The van der Waals surface area contributed by atoms with E-state index in [-0.39, 0.29) is 11.4 Å². The molecule has 0 heterocycles. The summed E-state index contributed by atoms with van der Waals surface area (Å²) in [6.45, 7) is 8.89. The lowest BCUT2D eigenvalue weighted by Crippen LogP contribution is -2.36. The molecule has 1 N–H and O–H groups in total. The average molecular weight is 177 g/mol. The van der Waals surface area contributed by atoms with Gasteiger partial charge < -0.3 is 5.32 Å². The topological polar surface area (TPSA) is 29.1 Å². The lowest BCUT2D eigenvalue weighted by molar-refractivity contribution is -0.119. The highest BCUT2D eigenvalue weighted by Gasteiger charge is 2.45. The van der Waals surface area contributed by atoms with E-state index in [0.29, 0.717) is 0 Å². The number of nitrogens with one attached hydrogen (secondary N) is 1. The second-order valence-electron chi connectivity index (χ2n) is 3.33.